The third-order valence-electron chi connectivity index (χ3n) is 4.04. The second-order valence-corrected chi connectivity index (χ2v) is 5.99. The molecule has 0 saturated carbocycles. The average Bonchev–Trinajstić information content (AvgIpc) is 2.82. The molecule has 2 aromatic rings. The molecule has 0 fully saturated rings. The molecule has 0 radical (unpaired) electrons. The van der Waals surface area contributed by atoms with Gasteiger partial charge in [-0.05, 0) is 13.8 Å². The smallest absolute Gasteiger partial charge is 0.172 e. The van der Waals surface area contributed by atoms with Gasteiger partial charge in [-0.3, -0.25) is 0 Å². The molecule has 2 unspecified atom stereocenters. The van der Waals surface area contributed by atoms with Crippen molar-refractivity contribution in [2.45, 2.75) is 31.7 Å². The van der Waals surface area contributed by atoms with Crippen molar-refractivity contribution in [1.29, 1.82) is 0 Å². The van der Waals surface area contributed by atoms with Gasteiger partial charge in [0.25, 0.3) is 0 Å². The number of methoxy groups -OCH3 is 2. The monoisotopic (exact) mass is 304 g/mol. The van der Waals surface area contributed by atoms with E-state index >= 15 is 0 Å². The second-order valence-electron chi connectivity index (χ2n) is 5.99. The van der Waals surface area contributed by atoms with E-state index in [1.54, 1.807) is 28.1 Å². The van der Waals surface area contributed by atoms with Crippen molar-refractivity contribution in [3.63, 3.8) is 0 Å². The maximum atomic E-state index is 10.6. The Hall–Kier alpha value is -1.98. The van der Waals surface area contributed by atoms with Crippen molar-refractivity contribution in [2.24, 2.45) is 0 Å². The molecule has 0 amide bonds. The van der Waals surface area contributed by atoms with Crippen molar-refractivity contribution in [1.82, 2.24) is 0 Å². The minimum atomic E-state index is -1.21. The summed E-state index contributed by atoms with van der Waals surface area (Å²) in [4.78, 5) is 0. The molecule has 5 heteroatoms. The number of fused-ring (bicyclic) bond motifs is 2. The Morgan fingerprint density at radius 2 is 1.59 bits per heavy atom. The molecule has 0 bridgehead atoms. The molecule has 1 aliphatic rings. The highest BCUT2D eigenvalue weighted by Gasteiger charge is 2.46. The van der Waals surface area contributed by atoms with Gasteiger partial charge in [0.2, 0.25) is 0 Å². The van der Waals surface area contributed by atoms with Gasteiger partial charge >= 0.3 is 0 Å². The molecular formula is C17H20O5. The molecule has 0 spiro atoms. The van der Waals surface area contributed by atoms with E-state index in [-0.39, 0.29) is 0 Å². The highest BCUT2D eigenvalue weighted by atomic mass is 16.5. The number of aliphatic hydroxyl groups excluding tert-OH is 1. The SMILES string of the molecule is COc1c2c(c(OC)c3ccccc13)C(O)C(C(C)(C)O)O2. The predicted octanol–water partition coefficient (Wildman–Crippen LogP) is 2.42. The van der Waals surface area contributed by atoms with Crippen molar-refractivity contribution in [2.75, 3.05) is 14.2 Å². The number of benzene rings is 2. The molecule has 3 rings (SSSR count). The van der Waals surface area contributed by atoms with Gasteiger partial charge in [-0.2, -0.15) is 0 Å². The normalized spacial score (nSPS) is 20.6. The fraction of sp³-hybridized carbons (Fsp3) is 0.412. The van der Waals surface area contributed by atoms with Crippen LogP contribution in [0.4, 0.5) is 0 Å². The van der Waals surface area contributed by atoms with E-state index in [0.29, 0.717) is 22.8 Å². The lowest BCUT2D eigenvalue weighted by Crippen LogP contribution is -2.41. The largest absolute Gasteiger partial charge is 0.496 e. The standard InChI is InChI=1S/C17H20O5/c1-17(2,19)16-12(18)11-13(20-3)9-7-5-6-8-10(9)14(21-4)15(11)22-16/h5-8,12,16,18-19H,1-4H3. The van der Waals surface area contributed by atoms with Crippen molar-refractivity contribution < 1.29 is 24.4 Å². The number of aliphatic hydroxyl groups is 2. The highest BCUT2D eigenvalue weighted by molar-refractivity contribution is 5.97. The molecule has 118 valence electrons. The lowest BCUT2D eigenvalue weighted by molar-refractivity contribution is -0.0767. The molecule has 0 aromatic heterocycles. The van der Waals surface area contributed by atoms with Crippen LogP contribution in [0.25, 0.3) is 10.8 Å². The van der Waals surface area contributed by atoms with Gasteiger partial charge in [0, 0.05) is 10.8 Å². The summed E-state index contributed by atoms with van der Waals surface area (Å²) in [7, 11) is 3.11. The number of hydrogen-bond acceptors (Lipinski definition) is 5. The zero-order chi connectivity index (χ0) is 16.1. The van der Waals surface area contributed by atoms with Crippen molar-refractivity contribution >= 4 is 10.8 Å². The van der Waals surface area contributed by atoms with Crippen molar-refractivity contribution in [3.05, 3.63) is 29.8 Å². The summed E-state index contributed by atoms with van der Waals surface area (Å²) < 4.78 is 16.9. The first kappa shape index (κ1) is 14.9. The lowest BCUT2D eigenvalue weighted by Gasteiger charge is -2.27. The van der Waals surface area contributed by atoms with Crippen LogP contribution in [0.1, 0.15) is 25.5 Å². The minimum Gasteiger partial charge on any atom is -0.496 e. The van der Waals surface area contributed by atoms with Crippen molar-refractivity contribution in [3.8, 4) is 17.2 Å². The quantitative estimate of drug-likeness (QED) is 0.911. The first-order chi connectivity index (χ1) is 10.4. The molecule has 1 aliphatic heterocycles. The van der Waals surface area contributed by atoms with Gasteiger partial charge in [-0.25, -0.2) is 0 Å². The van der Waals surface area contributed by atoms with E-state index in [1.807, 2.05) is 24.3 Å². The van der Waals surface area contributed by atoms with Crippen LogP contribution < -0.4 is 14.2 Å². The maximum Gasteiger partial charge on any atom is 0.172 e. The Bertz CT molecular complexity index is 717. The van der Waals surface area contributed by atoms with Crippen LogP contribution in [0, 0.1) is 0 Å². The molecule has 2 aromatic carbocycles. The van der Waals surface area contributed by atoms with E-state index < -0.39 is 17.8 Å². The second kappa shape index (κ2) is 5.04. The minimum absolute atomic E-state index is 0.428. The molecule has 0 aliphatic carbocycles. The molecule has 5 nitrogen and oxygen atoms in total. The zero-order valence-electron chi connectivity index (χ0n) is 13.1. The number of ether oxygens (including phenoxy) is 3. The summed E-state index contributed by atoms with van der Waals surface area (Å²) in [5.41, 5.74) is -0.689. The lowest BCUT2D eigenvalue weighted by atomic mass is 9.92. The molecular weight excluding hydrogens is 284 g/mol. The van der Waals surface area contributed by atoms with Crippen LogP contribution in [0.15, 0.2) is 24.3 Å². The van der Waals surface area contributed by atoms with E-state index in [9.17, 15) is 10.2 Å². The van der Waals surface area contributed by atoms with Crippen LogP contribution in [0.5, 0.6) is 17.2 Å². The van der Waals surface area contributed by atoms with E-state index in [0.717, 1.165) is 10.8 Å². The number of hydrogen-bond donors (Lipinski definition) is 2. The van der Waals surface area contributed by atoms with Crippen LogP contribution in [-0.2, 0) is 0 Å². The average molecular weight is 304 g/mol. The summed E-state index contributed by atoms with van der Waals surface area (Å²) in [6.07, 6.45) is -1.79. The number of rotatable bonds is 3. The first-order valence-electron chi connectivity index (χ1n) is 7.13. The van der Waals surface area contributed by atoms with Crippen LogP contribution >= 0.6 is 0 Å². The zero-order valence-corrected chi connectivity index (χ0v) is 13.1. The highest BCUT2D eigenvalue weighted by Crippen LogP contribution is 2.54. The van der Waals surface area contributed by atoms with Crippen LogP contribution in [0.2, 0.25) is 0 Å². The summed E-state index contributed by atoms with van der Waals surface area (Å²) in [5, 5.41) is 22.6. The van der Waals surface area contributed by atoms with Crippen LogP contribution in [0.3, 0.4) is 0 Å². The summed E-state index contributed by atoms with van der Waals surface area (Å²) in [5.74, 6) is 1.51. The summed E-state index contributed by atoms with van der Waals surface area (Å²) in [6.45, 7) is 3.21. The molecule has 0 saturated heterocycles. The molecule has 22 heavy (non-hydrogen) atoms. The Morgan fingerprint density at radius 1 is 1.05 bits per heavy atom. The first-order valence-corrected chi connectivity index (χ1v) is 7.13. The molecule has 2 N–H and O–H groups in total. The third-order valence-corrected chi connectivity index (χ3v) is 4.04. The van der Waals surface area contributed by atoms with E-state index in [4.69, 9.17) is 14.2 Å². The van der Waals surface area contributed by atoms with Gasteiger partial charge in [0.05, 0.1) is 25.4 Å². The Morgan fingerprint density at radius 3 is 2.09 bits per heavy atom. The van der Waals surface area contributed by atoms with Gasteiger partial charge in [0.1, 0.15) is 11.9 Å². The summed E-state index contributed by atoms with van der Waals surface area (Å²) >= 11 is 0. The predicted molar refractivity (Wildman–Crippen MR) is 82.7 cm³/mol. The van der Waals surface area contributed by atoms with Crippen LogP contribution in [-0.4, -0.2) is 36.1 Å². The Kier molecular flexibility index (Phi) is 3.42. The fourth-order valence-corrected chi connectivity index (χ4v) is 3.05. The van der Waals surface area contributed by atoms with Gasteiger partial charge in [-0.1, -0.05) is 24.3 Å². The van der Waals surface area contributed by atoms with E-state index in [2.05, 4.69) is 0 Å². The Labute approximate surface area is 129 Å². The Balaban J connectivity index is 2.34. The van der Waals surface area contributed by atoms with E-state index in [1.165, 1.54) is 0 Å². The fourth-order valence-electron chi connectivity index (χ4n) is 3.05. The van der Waals surface area contributed by atoms with Gasteiger partial charge in [-0.15, -0.1) is 0 Å². The maximum absolute atomic E-state index is 10.6. The van der Waals surface area contributed by atoms with Gasteiger partial charge < -0.3 is 24.4 Å². The summed E-state index contributed by atoms with van der Waals surface area (Å²) in [6, 6.07) is 7.60. The topological polar surface area (TPSA) is 68.2 Å². The van der Waals surface area contributed by atoms with Gasteiger partial charge in [0.15, 0.2) is 17.6 Å². The third kappa shape index (κ3) is 2.01. The molecule has 1 heterocycles. The molecule has 2 atom stereocenters.